The van der Waals surface area contributed by atoms with Gasteiger partial charge in [0.25, 0.3) is 0 Å². The van der Waals surface area contributed by atoms with Gasteiger partial charge in [0.2, 0.25) is 11.8 Å². The van der Waals surface area contributed by atoms with Crippen molar-refractivity contribution in [2.75, 3.05) is 12.4 Å². The van der Waals surface area contributed by atoms with Crippen molar-refractivity contribution in [3.63, 3.8) is 0 Å². The fourth-order valence-electron chi connectivity index (χ4n) is 3.34. The number of rotatable bonds is 6. The zero-order valence-corrected chi connectivity index (χ0v) is 16.6. The summed E-state index contributed by atoms with van der Waals surface area (Å²) in [6, 6.07) is 3.58. The van der Waals surface area contributed by atoms with Gasteiger partial charge in [-0.25, -0.2) is 9.97 Å². The van der Waals surface area contributed by atoms with E-state index in [1.165, 1.54) is 6.92 Å². The lowest BCUT2D eigenvalue weighted by molar-refractivity contribution is -0.114. The van der Waals surface area contributed by atoms with E-state index in [1.54, 1.807) is 19.4 Å². The van der Waals surface area contributed by atoms with E-state index in [1.807, 2.05) is 25.3 Å². The fourth-order valence-corrected chi connectivity index (χ4v) is 3.34. The van der Waals surface area contributed by atoms with Gasteiger partial charge in [-0.1, -0.05) is 19.4 Å². The number of aliphatic hydroxyl groups is 1. The van der Waals surface area contributed by atoms with Crippen LogP contribution in [0.2, 0.25) is 0 Å². The second-order valence-corrected chi connectivity index (χ2v) is 6.94. The van der Waals surface area contributed by atoms with Crippen LogP contribution < -0.4 is 15.4 Å². The molecule has 0 saturated carbocycles. The van der Waals surface area contributed by atoms with E-state index in [0.717, 1.165) is 34.9 Å². The van der Waals surface area contributed by atoms with Gasteiger partial charge in [-0.2, -0.15) is 0 Å². The van der Waals surface area contributed by atoms with Gasteiger partial charge < -0.3 is 20.5 Å². The van der Waals surface area contributed by atoms with E-state index in [2.05, 4.69) is 27.5 Å². The molecule has 148 valence electrons. The van der Waals surface area contributed by atoms with Gasteiger partial charge in [-0.05, 0) is 25.0 Å². The predicted octanol–water partition coefficient (Wildman–Crippen LogP) is 3.02. The summed E-state index contributed by atoms with van der Waals surface area (Å²) in [5, 5.41) is 17.0. The number of anilines is 1. The average Bonchev–Trinajstić information content (AvgIpc) is 2.66. The number of ether oxygens (including phenoxy) is 1. The van der Waals surface area contributed by atoms with Crippen molar-refractivity contribution in [2.45, 2.75) is 45.8 Å². The van der Waals surface area contributed by atoms with E-state index in [0.29, 0.717) is 17.2 Å². The third-order valence-corrected chi connectivity index (χ3v) is 4.73. The van der Waals surface area contributed by atoms with Crippen LogP contribution in [0.1, 0.15) is 39.2 Å². The predicted molar refractivity (Wildman–Crippen MR) is 110 cm³/mol. The molecule has 0 aromatic carbocycles. The SMILES string of the molecule is CCCC(O)C1C=C(C)C(c2cc3cnc(NC(C)=O)cc3nc2OC)=CN1. The number of dihydropyridines is 1. The van der Waals surface area contributed by atoms with E-state index < -0.39 is 6.10 Å². The summed E-state index contributed by atoms with van der Waals surface area (Å²) >= 11 is 0. The maximum atomic E-state index is 11.2. The first-order valence-corrected chi connectivity index (χ1v) is 9.38. The molecule has 0 radical (unpaired) electrons. The molecule has 28 heavy (non-hydrogen) atoms. The lowest BCUT2D eigenvalue weighted by Crippen LogP contribution is -2.37. The Morgan fingerprint density at radius 1 is 1.43 bits per heavy atom. The van der Waals surface area contributed by atoms with E-state index in [9.17, 15) is 9.90 Å². The van der Waals surface area contributed by atoms with E-state index in [4.69, 9.17) is 4.74 Å². The minimum atomic E-state index is -0.425. The van der Waals surface area contributed by atoms with E-state index in [-0.39, 0.29) is 11.9 Å². The molecule has 2 aromatic heterocycles. The smallest absolute Gasteiger partial charge is 0.222 e. The normalized spacial score (nSPS) is 17.4. The number of nitrogens with one attached hydrogen (secondary N) is 2. The highest BCUT2D eigenvalue weighted by Gasteiger charge is 2.22. The molecule has 1 aliphatic heterocycles. The van der Waals surface area contributed by atoms with E-state index >= 15 is 0 Å². The number of fused-ring (bicyclic) bond motifs is 1. The minimum absolute atomic E-state index is 0.106. The molecular weight excluding hydrogens is 356 g/mol. The molecule has 7 heteroatoms. The lowest BCUT2D eigenvalue weighted by atomic mass is 9.93. The molecule has 0 aliphatic carbocycles. The van der Waals surface area contributed by atoms with Gasteiger partial charge in [0.05, 0.1) is 24.8 Å². The summed E-state index contributed by atoms with van der Waals surface area (Å²) in [6.45, 7) is 5.51. The number of amides is 1. The van der Waals surface area contributed by atoms with Crippen molar-refractivity contribution in [3.8, 4) is 5.88 Å². The highest BCUT2D eigenvalue weighted by molar-refractivity contribution is 5.92. The van der Waals surface area contributed by atoms with Crippen LogP contribution in [0.3, 0.4) is 0 Å². The number of allylic oxidation sites excluding steroid dienone is 2. The first kappa shape index (κ1) is 19.8. The molecule has 3 heterocycles. The van der Waals surface area contributed by atoms with Gasteiger partial charge in [-0.15, -0.1) is 0 Å². The fraction of sp³-hybridized carbons (Fsp3) is 0.381. The number of nitrogens with zero attached hydrogens (tertiary/aromatic N) is 2. The monoisotopic (exact) mass is 382 g/mol. The molecule has 2 atom stereocenters. The number of aliphatic hydroxyl groups excluding tert-OH is 1. The van der Waals surface area contributed by atoms with Gasteiger partial charge in [0, 0.05) is 41.9 Å². The summed E-state index contributed by atoms with van der Waals surface area (Å²) < 4.78 is 5.52. The van der Waals surface area contributed by atoms with Crippen molar-refractivity contribution >= 4 is 28.2 Å². The molecule has 1 amide bonds. The topological polar surface area (TPSA) is 96.4 Å². The molecule has 2 unspecified atom stereocenters. The van der Waals surface area contributed by atoms with Gasteiger partial charge in [-0.3, -0.25) is 4.79 Å². The molecule has 3 N–H and O–H groups in total. The quantitative estimate of drug-likeness (QED) is 0.711. The van der Waals surface area contributed by atoms with Crippen molar-refractivity contribution in [1.82, 2.24) is 15.3 Å². The van der Waals surface area contributed by atoms with Crippen LogP contribution in [0, 0.1) is 0 Å². The van der Waals surface area contributed by atoms with Crippen molar-refractivity contribution in [1.29, 1.82) is 0 Å². The summed E-state index contributed by atoms with van der Waals surface area (Å²) in [5.41, 5.74) is 3.52. The number of pyridine rings is 2. The third-order valence-electron chi connectivity index (χ3n) is 4.73. The summed E-state index contributed by atoms with van der Waals surface area (Å²) in [4.78, 5) is 20.1. The Hall–Kier alpha value is -2.93. The summed E-state index contributed by atoms with van der Waals surface area (Å²) in [7, 11) is 1.58. The maximum absolute atomic E-state index is 11.2. The zero-order chi connectivity index (χ0) is 20.3. The second kappa shape index (κ2) is 8.39. The third kappa shape index (κ3) is 4.14. The summed E-state index contributed by atoms with van der Waals surface area (Å²) in [6.07, 6.45) is 6.87. The van der Waals surface area contributed by atoms with Crippen LogP contribution in [0.15, 0.2) is 36.2 Å². The molecule has 3 rings (SSSR count). The molecule has 0 saturated heterocycles. The number of carbonyl (C=O) groups is 1. The summed E-state index contributed by atoms with van der Waals surface area (Å²) in [5.74, 6) is 0.750. The molecule has 1 aliphatic rings. The highest BCUT2D eigenvalue weighted by Crippen LogP contribution is 2.34. The molecular formula is C21H26N4O3. The average molecular weight is 382 g/mol. The maximum Gasteiger partial charge on any atom is 0.222 e. The Balaban J connectivity index is 1.96. The van der Waals surface area contributed by atoms with Crippen LogP contribution in [-0.4, -0.2) is 40.2 Å². The zero-order valence-electron chi connectivity index (χ0n) is 16.6. The largest absolute Gasteiger partial charge is 0.481 e. The standard InChI is InChI=1S/C21H26N4O3/c1-5-6-19(27)18-7-12(2)16(11-22-18)15-8-14-10-23-20(24-13(3)26)9-17(14)25-21(15)28-4/h7-11,18-19,22,27H,5-6H2,1-4H3,(H,23,24,26). The van der Waals surface area contributed by atoms with Gasteiger partial charge in [0.15, 0.2) is 0 Å². The molecule has 2 aromatic rings. The Morgan fingerprint density at radius 3 is 2.86 bits per heavy atom. The highest BCUT2D eigenvalue weighted by atomic mass is 16.5. The number of carbonyl (C=O) groups excluding carboxylic acids is 1. The number of aromatic nitrogens is 2. The number of methoxy groups -OCH3 is 1. The number of hydrogen-bond acceptors (Lipinski definition) is 6. The van der Waals surface area contributed by atoms with Crippen LogP contribution in [0.4, 0.5) is 5.82 Å². The first-order valence-electron chi connectivity index (χ1n) is 9.38. The molecule has 0 spiro atoms. The van der Waals surface area contributed by atoms with Crippen molar-refractivity contribution in [2.24, 2.45) is 0 Å². The molecule has 7 nitrogen and oxygen atoms in total. The Bertz CT molecular complexity index is 952. The van der Waals surface area contributed by atoms with Gasteiger partial charge >= 0.3 is 0 Å². The Morgan fingerprint density at radius 2 is 2.21 bits per heavy atom. The lowest BCUT2D eigenvalue weighted by Gasteiger charge is -2.26. The molecule has 0 fully saturated rings. The first-order chi connectivity index (χ1) is 13.4. The number of hydrogen-bond donors (Lipinski definition) is 3. The van der Waals surface area contributed by atoms with Crippen LogP contribution in [-0.2, 0) is 4.79 Å². The molecule has 0 bridgehead atoms. The van der Waals surface area contributed by atoms with Crippen LogP contribution >= 0.6 is 0 Å². The van der Waals surface area contributed by atoms with Crippen molar-refractivity contribution < 1.29 is 14.6 Å². The van der Waals surface area contributed by atoms with Gasteiger partial charge in [0.1, 0.15) is 5.82 Å². The van der Waals surface area contributed by atoms with Crippen molar-refractivity contribution in [3.05, 3.63) is 41.7 Å². The van der Waals surface area contributed by atoms with Crippen LogP contribution in [0.25, 0.3) is 16.5 Å². The second-order valence-electron chi connectivity index (χ2n) is 6.94. The Labute approximate surface area is 164 Å². The van der Waals surface area contributed by atoms with Crippen LogP contribution in [0.5, 0.6) is 5.88 Å². The Kier molecular flexibility index (Phi) is 5.94. The minimum Gasteiger partial charge on any atom is -0.481 e.